The van der Waals surface area contributed by atoms with Gasteiger partial charge in [0.05, 0.1) is 6.61 Å². The van der Waals surface area contributed by atoms with Gasteiger partial charge < -0.3 is 23.8 Å². The van der Waals surface area contributed by atoms with Gasteiger partial charge in [0.2, 0.25) is 0 Å². The molecule has 2 aliphatic heterocycles. The van der Waals surface area contributed by atoms with E-state index < -0.39 is 50.2 Å². The lowest BCUT2D eigenvalue weighted by Crippen LogP contribution is -2.40. The molecular formula is C9H11BN2O9P. The predicted molar refractivity (Wildman–Crippen MR) is 68.7 cm³/mol. The topological polar surface area (TPSA) is 149 Å². The fourth-order valence-electron chi connectivity index (χ4n) is 2.15. The maximum absolute atomic E-state index is 11.8. The van der Waals surface area contributed by atoms with Crippen LogP contribution in [0.15, 0.2) is 21.9 Å². The maximum atomic E-state index is 11.8. The number of phosphoric acid groups is 1. The van der Waals surface area contributed by atoms with Crippen molar-refractivity contribution in [3.05, 3.63) is 33.1 Å². The largest absolute Gasteiger partial charge is 0.505 e. The molecule has 3 rings (SSSR count). The van der Waals surface area contributed by atoms with Crippen LogP contribution >= 0.6 is 7.82 Å². The maximum Gasteiger partial charge on any atom is 0.505 e. The fraction of sp³-hybridized carbons (Fsp3) is 0.556. The second-order valence-corrected chi connectivity index (χ2v) is 6.11. The number of aromatic nitrogens is 2. The summed E-state index contributed by atoms with van der Waals surface area (Å²) in [7, 11) is -3.06. The van der Waals surface area contributed by atoms with Gasteiger partial charge in [-0.3, -0.25) is 18.9 Å². The molecule has 0 aliphatic carbocycles. The van der Waals surface area contributed by atoms with Crippen molar-refractivity contribution >= 4 is 15.5 Å². The van der Waals surface area contributed by atoms with Crippen molar-refractivity contribution in [2.75, 3.05) is 6.61 Å². The Morgan fingerprint density at radius 2 is 2.18 bits per heavy atom. The summed E-state index contributed by atoms with van der Waals surface area (Å²) in [6.45, 7) is -0.562. The van der Waals surface area contributed by atoms with Gasteiger partial charge in [0, 0.05) is 12.3 Å². The van der Waals surface area contributed by atoms with Crippen LogP contribution in [0, 0.1) is 0 Å². The predicted octanol–water partition coefficient (Wildman–Crippen LogP) is -2.14. The molecule has 4 atom stereocenters. The molecule has 0 aromatic carbocycles. The molecule has 13 heteroatoms. The summed E-state index contributed by atoms with van der Waals surface area (Å²) < 4.78 is 32.2. The van der Waals surface area contributed by atoms with Gasteiger partial charge in [-0.25, -0.2) is 9.36 Å². The number of aliphatic hydroxyl groups excluding tert-OH is 2. The summed E-state index contributed by atoms with van der Waals surface area (Å²) in [5, 5.41) is 19.2. The van der Waals surface area contributed by atoms with Crippen LogP contribution in [0.3, 0.4) is 0 Å². The Balaban J connectivity index is 1.93. The van der Waals surface area contributed by atoms with Gasteiger partial charge in [-0.1, -0.05) is 0 Å². The second kappa shape index (κ2) is 5.74. The Morgan fingerprint density at radius 1 is 1.45 bits per heavy atom. The summed E-state index contributed by atoms with van der Waals surface area (Å²) >= 11 is 0. The average Bonchev–Trinajstić information content (AvgIpc) is 2.74. The molecule has 0 saturated carbocycles. The number of rotatable bonds is 4. The van der Waals surface area contributed by atoms with E-state index in [0.717, 1.165) is 24.5 Å². The number of H-pyrrole nitrogens is 1. The number of hydrogen-bond donors (Lipinski definition) is 3. The van der Waals surface area contributed by atoms with E-state index in [1.165, 1.54) is 0 Å². The minimum atomic E-state index is -3.86. The number of hydrogen-bond acceptors (Lipinski definition) is 9. The zero-order valence-electron chi connectivity index (χ0n) is 10.9. The molecule has 0 amide bonds. The third-order valence-corrected chi connectivity index (χ3v) is 4.40. The van der Waals surface area contributed by atoms with Crippen molar-refractivity contribution < 1.29 is 32.9 Å². The first-order valence-corrected chi connectivity index (χ1v) is 7.62. The molecule has 2 saturated heterocycles. The fourth-order valence-corrected chi connectivity index (χ4v) is 3.00. The van der Waals surface area contributed by atoms with Crippen LogP contribution in [-0.2, 0) is 22.7 Å². The van der Waals surface area contributed by atoms with Crippen LogP contribution < -0.4 is 11.2 Å². The van der Waals surface area contributed by atoms with Crippen molar-refractivity contribution in [2.45, 2.75) is 24.5 Å². The second-order valence-electron chi connectivity index (χ2n) is 4.58. The van der Waals surface area contributed by atoms with Crippen molar-refractivity contribution in [1.29, 1.82) is 0 Å². The van der Waals surface area contributed by atoms with Crippen molar-refractivity contribution in [1.82, 2.24) is 9.55 Å². The van der Waals surface area contributed by atoms with Gasteiger partial charge in [0.15, 0.2) is 6.23 Å². The van der Waals surface area contributed by atoms with Gasteiger partial charge in [0.25, 0.3) is 5.56 Å². The minimum absolute atomic E-state index is 0.562. The van der Waals surface area contributed by atoms with Gasteiger partial charge in [-0.2, -0.15) is 0 Å². The first kappa shape index (κ1) is 15.6. The summed E-state index contributed by atoms with van der Waals surface area (Å²) in [5.74, 6) is 0. The molecule has 119 valence electrons. The highest BCUT2D eigenvalue weighted by Gasteiger charge is 2.51. The summed E-state index contributed by atoms with van der Waals surface area (Å²) in [4.78, 5) is 24.9. The van der Waals surface area contributed by atoms with Crippen LogP contribution in [0.5, 0.6) is 0 Å². The van der Waals surface area contributed by atoms with E-state index in [4.69, 9.17) is 9.26 Å². The van der Waals surface area contributed by atoms with Crippen molar-refractivity contribution in [3.63, 3.8) is 0 Å². The molecule has 1 aromatic rings. The molecule has 2 fully saturated rings. The summed E-state index contributed by atoms with van der Waals surface area (Å²) in [6.07, 6.45) is -3.91. The first-order chi connectivity index (χ1) is 10.4. The van der Waals surface area contributed by atoms with E-state index in [9.17, 15) is 24.4 Å². The average molecular weight is 333 g/mol. The van der Waals surface area contributed by atoms with E-state index >= 15 is 0 Å². The lowest BCUT2D eigenvalue weighted by molar-refractivity contribution is -0.0551. The molecule has 1 radical (unpaired) electrons. The SMILES string of the molecule is O=c1ccn([C@@H]2O[C@H](CO)[C@@H](O)[C@H]2OP2(=O)O[B]O2)c(=O)[nH]1. The lowest BCUT2D eigenvalue weighted by atomic mass is 10.1. The van der Waals surface area contributed by atoms with Crippen LogP contribution in [0.1, 0.15) is 6.23 Å². The van der Waals surface area contributed by atoms with Gasteiger partial charge >= 0.3 is 21.2 Å². The zero-order valence-corrected chi connectivity index (χ0v) is 11.8. The molecule has 0 unspecified atom stereocenters. The Labute approximate surface area is 123 Å². The molecule has 0 bridgehead atoms. The van der Waals surface area contributed by atoms with Crippen molar-refractivity contribution in [2.24, 2.45) is 0 Å². The molecule has 1 aromatic heterocycles. The lowest BCUT2D eigenvalue weighted by Gasteiger charge is -2.30. The number of nitrogens with zero attached hydrogens (tertiary/aromatic N) is 1. The smallest absolute Gasteiger partial charge is 0.394 e. The number of nitrogens with one attached hydrogen (secondary N) is 1. The number of aromatic amines is 1. The van der Waals surface area contributed by atoms with Gasteiger partial charge in [-0.05, 0) is 0 Å². The molecule has 3 heterocycles. The molecule has 2 aliphatic rings. The molecule has 11 nitrogen and oxygen atoms in total. The van der Waals surface area contributed by atoms with Crippen LogP contribution in [-0.4, -0.2) is 52.4 Å². The molecule has 22 heavy (non-hydrogen) atoms. The van der Waals surface area contributed by atoms with E-state index in [0.29, 0.717) is 0 Å². The third kappa shape index (κ3) is 2.70. The van der Waals surface area contributed by atoms with Crippen LogP contribution in [0.25, 0.3) is 0 Å². The standard InChI is InChI=1S/C9H11BN2O9P/c13-3-4-6(15)7(19-22(17)20-10-21-22)8(18-4)12-2-1-5(14)11-9(12)16/h1-2,4,6-8,13,15H,3H2,(H,11,14,16)/t4-,6-,7-,8-/m1/s1. The molecule has 0 spiro atoms. The van der Waals surface area contributed by atoms with Crippen molar-refractivity contribution in [3.8, 4) is 0 Å². The Bertz CT molecular complexity index is 712. The Hall–Kier alpha value is -1.27. The first-order valence-electron chi connectivity index (χ1n) is 6.16. The minimum Gasteiger partial charge on any atom is -0.394 e. The monoisotopic (exact) mass is 333 g/mol. The van der Waals surface area contributed by atoms with E-state index in [1.54, 1.807) is 0 Å². The van der Waals surface area contributed by atoms with E-state index in [2.05, 4.69) is 8.88 Å². The Kier molecular flexibility index (Phi) is 4.08. The summed E-state index contributed by atoms with van der Waals surface area (Å²) in [5.41, 5.74) is -1.44. The molecule has 3 N–H and O–H groups in total. The highest BCUT2D eigenvalue weighted by Crippen LogP contribution is 2.58. The zero-order chi connectivity index (χ0) is 15.9. The van der Waals surface area contributed by atoms with Gasteiger partial charge in [0.1, 0.15) is 18.3 Å². The van der Waals surface area contributed by atoms with E-state index in [-0.39, 0.29) is 0 Å². The summed E-state index contributed by atoms with van der Waals surface area (Å²) in [6, 6.07) is 1.06. The normalized spacial score (nSPS) is 33.2. The van der Waals surface area contributed by atoms with Crippen LogP contribution in [0.4, 0.5) is 0 Å². The van der Waals surface area contributed by atoms with E-state index in [1.807, 2.05) is 4.98 Å². The van der Waals surface area contributed by atoms with Gasteiger partial charge in [-0.15, -0.1) is 0 Å². The number of aliphatic hydroxyl groups is 2. The number of ether oxygens (including phenoxy) is 1. The highest BCUT2D eigenvalue weighted by molar-refractivity contribution is 7.53. The highest BCUT2D eigenvalue weighted by atomic mass is 31.2. The molecular weight excluding hydrogens is 322 g/mol. The van der Waals surface area contributed by atoms with Crippen LogP contribution in [0.2, 0.25) is 0 Å². The Morgan fingerprint density at radius 3 is 2.73 bits per heavy atom. The quantitative estimate of drug-likeness (QED) is 0.414. The third-order valence-electron chi connectivity index (χ3n) is 3.21.